The van der Waals surface area contributed by atoms with Crippen molar-refractivity contribution in [3.05, 3.63) is 27.4 Å². The van der Waals surface area contributed by atoms with E-state index in [1.807, 2.05) is 7.05 Å². The number of likely N-dealkylation sites (N-methyl/N-ethyl adjacent to an activating group) is 1. The lowest BCUT2D eigenvalue weighted by Crippen LogP contribution is -2.27. The molecule has 0 saturated carbocycles. The zero-order valence-electron chi connectivity index (χ0n) is 10.4. The smallest absolute Gasteiger partial charge is 0.351 e. The second kappa shape index (κ2) is 5.45. The Morgan fingerprint density at radius 1 is 1.67 bits per heavy atom. The van der Waals surface area contributed by atoms with Gasteiger partial charge < -0.3 is 15.4 Å². The van der Waals surface area contributed by atoms with Crippen LogP contribution in [0.5, 0.6) is 0 Å². The Hall–Kier alpha value is -1.47. The van der Waals surface area contributed by atoms with Gasteiger partial charge in [0.05, 0.1) is 0 Å². The van der Waals surface area contributed by atoms with Crippen LogP contribution < -0.4 is 5.32 Å². The van der Waals surface area contributed by atoms with Crippen molar-refractivity contribution in [2.75, 3.05) is 7.05 Å². The third-order valence-corrected chi connectivity index (χ3v) is 3.72. The number of fused-ring (bicyclic) bond motifs is 1. The number of imidazole rings is 1. The lowest BCUT2D eigenvalue weighted by Gasteiger charge is -2.13. The fourth-order valence-corrected chi connectivity index (χ4v) is 2.81. The van der Waals surface area contributed by atoms with E-state index in [0.29, 0.717) is 17.1 Å². The monoisotopic (exact) mass is 268 g/mol. The van der Waals surface area contributed by atoms with Gasteiger partial charge in [0.1, 0.15) is 11.9 Å². The molecule has 2 rings (SSSR count). The van der Waals surface area contributed by atoms with Gasteiger partial charge in [0.15, 0.2) is 0 Å². The average Bonchev–Trinajstić information content (AvgIpc) is 2.87. The summed E-state index contributed by atoms with van der Waals surface area (Å²) in [7, 11) is 1.88. The van der Waals surface area contributed by atoms with Gasteiger partial charge in [-0.15, -0.1) is 0 Å². The number of nitro groups is 1. The second-order valence-electron chi connectivity index (χ2n) is 4.17. The van der Waals surface area contributed by atoms with E-state index < -0.39 is 0 Å². The van der Waals surface area contributed by atoms with Crippen LogP contribution in [0.4, 0.5) is 5.82 Å². The third kappa shape index (κ3) is 2.37. The van der Waals surface area contributed by atoms with Crippen molar-refractivity contribution in [3.8, 4) is 0 Å². The zero-order chi connectivity index (χ0) is 13.1. The van der Waals surface area contributed by atoms with Crippen molar-refractivity contribution in [1.29, 1.82) is 0 Å². The minimum atomic E-state index is -0.347. The maximum atomic E-state index is 11.2. The molecule has 0 bridgehead atoms. The largest absolute Gasteiger partial charge is 0.358 e. The molecule has 0 saturated heterocycles. The summed E-state index contributed by atoms with van der Waals surface area (Å²) in [6.07, 6.45) is 4.32. The van der Waals surface area contributed by atoms with Crippen LogP contribution in [0.2, 0.25) is 0 Å². The normalized spacial score (nSPS) is 13.0. The molecule has 0 fully saturated rings. The zero-order valence-corrected chi connectivity index (χ0v) is 11.2. The topological polar surface area (TPSA) is 72.5 Å². The summed E-state index contributed by atoms with van der Waals surface area (Å²) in [6, 6.07) is 0.235. The van der Waals surface area contributed by atoms with Gasteiger partial charge in [-0.2, -0.15) is 9.38 Å². The van der Waals surface area contributed by atoms with E-state index in [0.717, 1.165) is 12.8 Å². The first-order valence-corrected chi connectivity index (χ1v) is 6.81. The molecule has 7 heteroatoms. The molecule has 18 heavy (non-hydrogen) atoms. The lowest BCUT2D eigenvalue weighted by molar-refractivity contribution is -0.391. The minimum Gasteiger partial charge on any atom is -0.358 e. The Balaban J connectivity index is 2.34. The average molecular weight is 268 g/mol. The number of nitrogens with zero attached hydrogens (tertiary/aromatic N) is 3. The molecular weight excluding hydrogens is 252 g/mol. The first-order valence-electron chi connectivity index (χ1n) is 5.93. The molecule has 98 valence electrons. The van der Waals surface area contributed by atoms with E-state index in [1.165, 1.54) is 11.3 Å². The van der Waals surface area contributed by atoms with Gasteiger partial charge in [-0.1, -0.05) is 24.7 Å². The van der Waals surface area contributed by atoms with E-state index >= 15 is 0 Å². The predicted molar refractivity (Wildman–Crippen MR) is 71.2 cm³/mol. The first kappa shape index (κ1) is 13.0. The van der Waals surface area contributed by atoms with Crippen LogP contribution in [0, 0.1) is 10.1 Å². The number of aromatic nitrogens is 2. The summed E-state index contributed by atoms with van der Waals surface area (Å²) in [5.74, 6) is 0.0996. The van der Waals surface area contributed by atoms with Gasteiger partial charge >= 0.3 is 5.82 Å². The van der Waals surface area contributed by atoms with E-state index in [2.05, 4.69) is 17.2 Å². The van der Waals surface area contributed by atoms with Gasteiger partial charge in [0.25, 0.3) is 4.96 Å². The quantitative estimate of drug-likeness (QED) is 0.644. The van der Waals surface area contributed by atoms with Crippen LogP contribution in [0.25, 0.3) is 4.96 Å². The van der Waals surface area contributed by atoms with Gasteiger partial charge in [0, 0.05) is 17.8 Å². The molecule has 0 amide bonds. The fraction of sp³-hybridized carbons (Fsp3) is 0.545. The van der Waals surface area contributed by atoms with Crippen molar-refractivity contribution < 1.29 is 4.92 Å². The SMILES string of the molecule is CCCC(Cc1nc2sccn2c1[N+](=O)[O-])NC. The van der Waals surface area contributed by atoms with Gasteiger partial charge in [-0.05, 0) is 18.4 Å². The molecule has 0 aliphatic rings. The number of rotatable bonds is 6. The Labute approximate surface area is 109 Å². The molecule has 0 aromatic carbocycles. The molecule has 2 aromatic heterocycles. The summed E-state index contributed by atoms with van der Waals surface area (Å²) in [5.41, 5.74) is 0.569. The number of hydrogen-bond donors (Lipinski definition) is 1. The summed E-state index contributed by atoms with van der Waals surface area (Å²) >= 11 is 1.41. The van der Waals surface area contributed by atoms with E-state index in [1.54, 1.807) is 16.0 Å². The Morgan fingerprint density at radius 2 is 2.44 bits per heavy atom. The summed E-state index contributed by atoms with van der Waals surface area (Å²) in [6.45, 7) is 2.10. The van der Waals surface area contributed by atoms with Crippen molar-refractivity contribution in [2.24, 2.45) is 0 Å². The molecule has 1 atom stereocenters. The predicted octanol–water partition coefficient (Wildman–Crippen LogP) is 2.23. The van der Waals surface area contributed by atoms with Gasteiger partial charge in [0.2, 0.25) is 0 Å². The van der Waals surface area contributed by atoms with E-state index in [9.17, 15) is 10.1 Å². The van der Waals surface area contributed by atoms with Gasteiger partial charge in [-0.3, -0.25) is 0 Å². The molecule has 0 radical (unpaired) electrons. The number of hydrogen-bond acceptors (Lipinski definition) is 5. The van der Waals surface area contributed by atoms with Crippen LogP contribution in [0.1, 0.15) is 25.5 Å². The summed E-state index contributed by atoms with van der Waals surface area (Å²) in [4.78, 5) is 15.9. The van der Waals surface area contributed by atoms with Crippen molar-refractivity contribution in [2.45, 2.75) is 32.2 Å². The lowest BCUT2D eigenvalue weighted by atomic mass is 10.1. The number of nitrogens with one attached hydrogen (secondary N) is 1. The van der Waals surface area contributed by atoms with Gasteiger partial charge in [-0.25, -0.2) is 0 Å². The van der Waals surface area contributed by atoms with Crippen LogP contribution >= 0.6 is 11.3 Å². The highest BCUT2D eigenvalue weighted by Crippen LogP contribution is 2.25. The Morgan fingerprint density at radius 3 is 3.06 bits per heavy atom. The summed E-state index contributed by atoms with van der Waals surface area (Å²) in [5, 5.41) is 16.1. The Bertz CT molecular complexity index is 548. The molecule has 1 N–H and O–H groups in total. The highest BCUT2D eigenvalue weighted by molar-refractivity contribution is 7.15. The molecular formula is C11H16N4O2S. The van der Waals surface area contributed by atoms with Crippen LogP contribution in [-0.2, 0) is 6.42 Å². The highest BCUT2D eigenvalue weighted by Gasteiger charge is 2.24. The molecule has 2 aromatic rings. The molecule has 1 unspecified atom stereocenters. The summed E-state index contributed by atoms with van der Waals surface area (Å²) < 4.78 is 1.55. The Kier molecular flexibility index (Phi) is 3.93. The third-order valence-electron chi connectivity index (χ3n) is 2.96. The van der Waals surface area contributed by atoms with Crippen LogP contribution in [0.15, 0.2) is 11.6 Å². The number of thiazole rings is 1. The second-order valence-corrected chi connectivity index (χ2v) is 5.05. The standard InChI is InChI=1S/C11H16N4O2S/c1-3-4-8(12-2)7-9-10(15(16)17)14-5-6-18-11(14)13-9/h5-6,8,12H,3-4,7H2,1-2H3. The van der Waals surface area contributed by atoms with E-state index in [-0.39, 0.29) is 16.8 Å². The molecule has 2 heterocycles. The van der Waals surface area contributed by atoms with E-state index in [4.69, 9.17) is 0 Å². The molecule has 0 aliphatic carbocycles. The van der Waals surface area contributed by atoms with Crippen molar-refractivity contribution in [3.63, 3.8) is 0 Å². The maximum absolute atomic E-state index is 11.2. The maximum Gasteiger partial charge on any atom is 0.351 e. The molecule has 6 nitrogen and oxygen atoms in total. The van der Waals surface area contributed by atoms with Crippen LogP contribution in [-0.4, -0.2) is 27.4 Å². The van der Waals surface area contributed by atoms with Crippen molar-refractivity contribution >= 4 is 22.1 Å². The molecule has 0 spiro atoms. The van der Waals surface area contributed by atoms with Crippen LogP contribution in [0.3, 0.4) is 0 Å². The molecule has 0 aliphatic heterocycles. The first-order chi connectivity index (χ1) is 8.67. The fourth-order valence-electron chi connectivity index (χ4n) is 2.08. The highest BCUT2D eigenvalue weighted by atomic mass is 32.1. The van der Waals surface area contributed by atoms with Crippen molar-refractivity contribution in [1.82, 2.24) is 14.7 Å². The minimum absolute atomic E-state index is 0.0996.